The Morgan fingerprint density at radius 3 is 2.11 bits per heavy atom. The molecule has 0 radical (unpaired) electrons. The summed E-state index contributed by atoms with van der Waals surface area (Å²) in [6, 6.07) is 30.2. The highest BCUT2D eigenvalue weighted by atomic mass is 35.5. The van der Waals surface area contributed by atoms with Crippen LogP contribution in [0.15, 0.2) is 97.2 Å². The lowest BCUT2D eigenvalue weighted by Gasteiger charge is -2.23. The van der Waals surface area contributed by atoms with Gasteiger partial charge in [0.15, 0.2) is 0 Å². The van der Waals surface area contributed by atoms with E-state index in [4.69, 9.17) is 11.6 Å². The Balaban J connectivity index is 1.24. The van der Waals surface area contributed by atoms with Crippen LogP contribution in [0, 0.1) is 0 Å². The molecule has 1 aliphatic carbocycles. The highest BCUT2D eigenvalue weighted by molar-refractivity contribution is 6.30. The minimum absolute atomic E-state index is 0.257. The van der Waals surface area contributed by atoms with Crippen LogP contribution >= 0.6 is 11.6 Å². The SMILES string of the molecule is O=C(Nc1ccc(Cl)cc1)N(Cc1ccc(-c2ccc(CNC3CCCCC3)cc2)cc1)c1ccccn1. The second kappa shape index (κ2) is 12.7. The van der Waals surface area contributed by atoms with Crippen molar-refractivity contribution in [2.24, 2.45) is 0 Å². The molecule has 6 heteroatoms. The van der Waals surface area contributed by atoms with E-state index >= 15 is 0 Å². The summed E-state index contributed by atoms with van der Waals surface area (Å²) in [5.74, 6) is 0.584. The molecule has 194 valence electrons. The molecule has 3 aromatic carbocycles. The average molecular weight is 525 g/mol. The van der Waals surface area contributed by atoms with Gasteiger partial charge < -0.3 is 10.6 Å². The third kappa shape index (κ3) is 7.00. The van der Waals surface area contributed by atoms with E-state index in [1.165, 1.54) is 43.2 Å². The number of hydrogen-bond donors (Lipinski definition) is 2. The summed E-state index contributed by atoms with van der Waals surface area (Å²) in [5, 5.41) is 7.28. The maximum Gasteiger partial charge on any atom is 0.327 e. The maximum absolute atomic E-state index is 13.2. The van der Waals surface area contributed by atoms with Gasteiger partial charge in [-0.1, -0.05) is 85.5 Å². The van der Waals surface area contributed by atoms with Crippen LogP contribution in [0.4, 0.5) is 16.3 Å². The van der Waals surface area contributed by atoms with E-state index in [-0.39, 0.29) is 6.03 Å². The molecule has 0 bridgehead atoms. The van der Waals surface area contributed by atoms with Crippen LogP contribution in [0.25, 0.3) is 11.1 Å². The summed E-state index contributed by atoms with van der Waals surface area (Å²) in [4.78, 5) is 19.3. The van der Waals surface area contributed by atoms with Crippen molar-refractivity contribution < 1.29 is 4.79 Å². The largest absolute Gasteiger partial charge is 0.327 e. The lowest BCUT2D eigenvalue weighted by atomic mass is 9.95. The predicted molar refractivity (Wildman–Crippen MR) is 156 cm³/mol. The van der Waals surface area contributed by atoms with Crippen LogP contribution in [-0.2, 0) is 13.1 Å². The van der Waals surface area contributed by atoms with Gasteiger partial charge in [0.2, 0.25) is 0 Å². The number of nitrogens with zero attached hydrogens (tertiary/aromatic N) is 2. The number of rotatable bonds is 8. The number of hydrogen-bond acceptors (Lipinski definition) is 3. The number of carbonyl (C=O) groups excluding carboxylic acids is 1. The Hall–Kier alpha value is -3.67. The van der Waals surface area contributed by atoms with Gasteiger partial charge in [-0.25, -0.2) is 9.78 Å². The van der Waals surface area contributed by atoms with E-state index in [0.717, 1.165) is 17.7 Å². The first-order valence-electron chi connectivity index (χ1n) is 13.3. The Kier molecular flexibility index (Phi) is 8.69. The van der Waals surface area contributed by atoms with Gasteiger partial charge in [0.05, 0.1) is 6.54 Å². The van der Waals surface area contributed by atoms with Gasteiger partial charge in [-0.05, 0) is 71.5 Å². The van der Waals surface area contributed by atoms with E-state index in [1.54, 1.807) is 35.4 Å². The number of benzene rings is 3. The number of urea groups is 1. The molecule has 0 atom stereocenters. The summed E-state index contributed by atoms with van der Waals surface area (Å²) >= 11 is 5.99. The molecular formula is C32H33ClN4O. The molecule has 0 unspecified atom stereocenters. The number of amides is 2. The van der Waals surface area contributed by atoms with Crippen LogP contribution in [0.1, 0.15) is 43.2 Å². The molecule has 1 fully saturated rings. The van der Waals surface area contributed by atoms with Gasteiger partial charge in [-0.2, -0.15) is 0 Å². The molecule has 5 rings (SSSR count). The van der Waals surface area contributed by atoms with Crippen molar-refractivity contribution in [3.8, 4) is 11.1 Å². The van der Waals surface area contributed by atoms with Gasteiger partial charge in [-0.3, -0.25) is 4.90 Å². The van der Waals surface area contributed by atoms with Crippen molar-refractivity contribution >= 4 is 29.1 Å². The topological polar surface area (TPSA) is 57.3 Å². The molecule has 2 amide bonds. The van der Waals surface area contributed by atoms with E-state index < -0.39 is 0 Å². The quantitative estimate of drug-likeness (QED) is 0.245. The van der Waals surface area contributed by atoms with Crippen LogP contribution in [0.5, 0.6) is 0 Å². The average Bonchev–Trinajstić information content (AvgIpc) is 2.97. The maximum atomic E-state index is 13.2. The van der Waals surface area contributed by atoms with Crippen LogP contribution in [0.3, 0.4) is 0 Å². The lowest BCUT2D eigenvalue weighted by Crippen LogP contribution is -2.35. The van der Waals surface area contributed by atoms with Crippen molar-refractivity contribution in [1.82, 2.24) is 10.3 Å². The minimum atomic E-state index is -0.257. The van der Waals surface area contributed by atoms with Crippen molar-refractivity contribution in [2.45, 2.75) is 51.2 Å². The number of nitrogens with one attached hydrogen (secondary N) is 2. The second-order valence-corrected chi connectivity index (χ2v) is 10.3. The summed E-state index contributed by atoms with van der Waals surface area (Å²) in [6.07, 6.45) is 8.35. The predicted octanol–water partition coefficient (Wildman–Crippen LogP) is 8.06. The fourth-order valence-corrected chi connectivity index (χ4v) is 4.99. The zero-order valence-electron chi connectivity index (χ0n) is 21.4. The molecular weight excluding hydrogens is 492 g/mol. The number of carbonyl (C=O) groups is 1. The Morgan fingerprint density at radius 2 is 1.47 bits per heavy atom. The number of anilines is 2. The number of pyridine rings is 1. The van der Waals surface area contributed by atoms with Crippen LogP contribution in [-0.4, -0.2) is 17.1 Å². The van der Waals surface area contributed by atoms with Crippen LogP contribution < -0.4 is 15.5 Å². The molecule has 4 aromatic rings. The first-order valence-corrected chi connectivity index (χ1v) is 13.7. The normalized spacial score (nSPS) is 13.7. The molecule has 2 N–H and O–H groups in total. The molecule has 1 aromatic heterocycles. The molecule has 38 heavy (non-hydrogen) atoms. The highest BCUT2D eigenvalue weighted by Gasteiger charge is 2.18. The van der Waals surface area contributed by atoms with Crippen molar-refractivity contribution in [3.05, 3.63) is 113 Å². The number of aromatic nitrogens is 1. The highest BCUT2D eigenvalue weighted by Crippen LogP contribution is 2.24. The zero-order chi connectivity index (χ0) is 26.2. The van der Waals surface area contributed by atoms with E-state index in [2.05, 4.69) is 64.1 Å². The molecule has 0 aliphatic heterocycles. The van der Waals surface area contributed by atoms with E-state index in [1.807, 2.05) is 18.2 Å². The first kappa shape index (κ1) is 26.0. The Labute approximate surface area is 229 Å². The first-order chi connectivity index (χ1) is 18.6. The molecule has 1 heterocycles. The monoisotopic (exact) mass is 524 g/mol. The summed E-state index contributed by atoms with van der Waals surface area (Å²) in [5.41, 5.74) is 5.33. The third-order valence-electron chi connectivity index (χ3n) is 7.05. The van der Waals surface area contributed by atoms with Gasteiger partial charge >= 0.3 is 6.03 Å². The zero-order valence-corrected chi connectivity index (χ0v) is 22.2. The second-order valence-electron chi connectivity index (χ2n) is 9.82. The van der Waals surface area contributed by atoms with E-state index in [0.29, 0.717) is 29.1 Å². The Morgan fingerprint density at radius 1 is 0.816 bits per heavy atom. The fraction of sp³-hybridized carbons (Fsp3) is 0.250. The Bertz CT molecular complexity index is 1300. The summed E-state index contributed by atoms with van der Waals surface area (Å²) < 4.78 is 0. The molecule has 1 saturated carbocycles. The van der Waals surface area contributed by atoms with Gasteiger partial charge in [-0.15, -0.1) is 0 Å². The number of halogens is 1. The molecule has 5 nitrogen and oxygen atoms in total. The summed E-state index contributed by atoms with van der Waals surface area (Å²) in [7, 11) is 0. The van der Waals surface area contributed by atoms with Crippen molar-refractivity contribution in [2.75, 3.05) is 10.2 Å². The van der Waals surface area contributed by atoms with Gasteiger partial charge in [0.25, 0.3) is 0 Å². The van der Waals surface area contributed by atoms with Gasteiger partial charge in [0.1, 0.15) is 5.82 Å². The minimum Gasteiger partial charge on any atom is -0.310 e. The third-order valence-corrected chi connectivity index (χ3v) is 7.30. The van der Waals surface area contributed by atoms with E-state index in [9.17, 15) is 4.79 Å². The fourth-order valence-electron chi connectivity index (χ4n) is 4.86. The molecule has 1 aliphatic rings. The lowest BCUT2D eigenvalue weighted by molar-refractivity contribution is 0.256. The molecule has 0 saturated heterocycles. The van der Waals surface area contributed by atoms with Crippen LogP contribution in [0.2, 0.25) is 5.02 Å². The van der Waals surface area contributed by atoms with Crippen molar-refractivity contribution in [1.29, 1.82) is 0 Å². The smallest absolute Gasteiger partial charge is 0.310 e. The van der Waals surface area contributed by atoms with Gasteiger partial charge in [0, 0.05) is 29.5 Å². The van der Waals surface area contributed by atoms with Crippen molar-refractivity contribution in [3.63, 3.8) is 0 Å². The standard InChI is InChI=1S/C32H33ClN4O/c33-28-17-19-30(20-18-28)36-32(38)37(31-8-4-5-21-34-31)23-25-11-15-27(16-12-25)26-13-9-24(10-14-26)22-35-29-6-2-1-3-7-29/h4-5,8-21,29,35H,1-3,6-7,22-23H2,(H,36,38). The summed E-state index contributed by atoms with van der Waals surface area (Å²) in [6.45, 7) is 1.31. The molecule has 0 spiro atoms.